The van der Waals surface area contributed by atoms with Crippen LogP contribution in [0.15, 0.2) is 11.6 Å². The van der Waals surface area contributed by atoms with Gasteiger partial charge < -0.3 is 9.84 Å². The fraction of sp³-hybridized carbons (Fsp3) is 0.818. The van der Waals surface area contributed by atoms with Crippen LogP contribution in [0.3, 0.4) is 0 Å². The topological polar surface area (TPSA) is 63.6 Å². The lowest BCUT2D eigenvalue weighted by Gasteiger charge is -2.58. The van der Waals surface area contributed by atoms with Gasteiger partial charge in [-0.15, -0.1) is 0 Å². The van der Waals surface area contributed by atoms with Crippen molar-refractivity contribution in [3.63, 3.8) is 0 Å². The van der Waals surface area contributed by atoms with E-state index in [2.05, 4.69) is 19.9 Å². The minimum absolute atomic E-state index is 0.0338. The predicted molar refractivity (Wildman–Crippen MR) is 98.3 cm³/mol. The van der Waals surface area contributed by atoms with Gasteiger partial charge in [0.05, 0.1) is 0 Å². The van der Waals surface area contributed by atoms with Crippen molar-refractivity contribution in [1.29, 1.82) is 0 Å². The lowest BCUT2D eigenvalue weighted by atomic mass is 9.47. The molecule has 26 heavy (non-hydrogen) atoms. The SMILES string of the molecule is CC(=O)[C@@]1(O)CC[C@H]2[C@@H]3CC=C4C[C@@H](OC=O)CC[C@]4(C)[C@H]3CC[C@@]21C. The first-order valence-corrected chi connectivity index (χ1v) is 10.3. The smallest absolute Gasteiger partial charge is 0.293 e. The van der Waals surface area contributed by atoms with Crippen LogP contribution in [0.2, 0.25) is 0 Å². The zero-order chi connectivity index (χ0) is 18.7. The first-order valence-electron chi connectivity index (χ1n) is 10.3. The van der Waals surface area contributed by atoms with Crippen molar-refractivity contribution >= 4 is 12.3 Å². The number of carbonyl (C=O) groups excluding carboxylic acids is 2. The molecule has 4 rings (SSSR count). The molecule has 0 saturated heterocycles. The van der Waals surface area contributed by atoms with Crippen LogP contribution in [0.5, 0.6) is 0 Å². The second kappa shape index (κ2) is 5.92. The van der Waals surface area contributed by atoms with Gasteiger partial charge in [0.25, 0.3) is 6.47 Å². The monoisotopic (exact) mass is 360 g/mol. The zero-order valence-electron chi connectivity index (χ0n) is 16.3. The van der Waals surface area contributed by atoms with E-state index in [1.165, 1.54) is 5.57 Å². The van der Waals surface area contributed by atoms with E-state index in [0.717, 1.165) is 44.9 Å². The Morgan fingerprint density at radius 3 is 2.62 bits per heavy atom. The van der Waals surface area contributed by atoms with Crippen LogP contribution in [-0.4, -0.2) is 29.1 Å². The fourth-order valence-corrected chi connectivity index (χ4v) is 7.42. The quantitative estimate of drug-likeness (QED) is 0.614. The Bertz CT molecular complexity index is 655. The van der Waals surface area contributed by atoms with Crippen LogP contribution in [0, 0.1) is 28.6 Å². The van der Waals surface area contributed by atoms with Crippen LogP contribution in [0.4, 0.5) is 0 Å². The van der Waals surface area contributed by atoms with Crippen molar-refractivity contribution < 1.29 is 19.4 Å². The number of hydrogen-bond acceptors (Lipinski definition) is 4. The summed E-state index contributed by atoms with van der Waals surface area (Å²) in [6.07, 6.45) is 9.96. The van der Waals surface area contributed by atoms with Gasteiger partial charge >= 0.3 is 0 Å². The van der Waals surface area contributed by atoms with Crippen molar-refractivity contribution in [1.82, 2.24) is 0 Å². The van der Waals surface area contributed by atoms with E-state index in [1.807, 2.05) is 0 Å². The lowest BCUT2D eigenvalue weighted by molar-refractivity contribution is -0.159. The van der Waals surface area contributed by atoms with E-state index in [4.69, 9.17) is 4.74 Å². The molecule has 1 N–H and O–H groups in total. The first kappa shape index (κ1) is 18.2. The molecule has 0 aromatic carbocycles. The number of carbonyl (C=O) groups is 2. The summed E-state index contributed by atoms with van der Waals surface area (Å²) in [6, 6.07) is 0. The van der Waals surface area contributed by atoms with Crippen LogP contribution in [-0.2, 0) is 14.3 Å². The van der Waals surface area contributed by atoms with Gasteiger partial charge in [-0.1, -0.05) is 25.5 Å². The van der Waals surface area contributed by atoms with Gasteiger partial charge in [0, 0.05) is 11.8 Å². The normalized spacial score (nSPS) is 50.1. The van der Waals surface area contributed by atoms with Crippen LogP contribution in [0.25, 0.3) is 0 Å². The van der Waals surface area contributed by atoms with Crippen molar-refractivity contribution in [2.75, 3.05) is 0 Å². The molecule has 0 bridgehead atoms. The fourth-order valence-electron chi connectivity index (χ4n) is 7.42. The van der Waals surface area contributed by atoms with E-state index >= 15 is 0 Å². The summed E-state index contributed by atoms with van der Waals surface area (Å²) in [5, 5.41) is 11.2. The summed E-state index contributed by atoms with van der Waals surface area (Å²) in [6.45, 7) is 6.72. The molecule has 0 amide bonds. The van der Waals surface area contributed by atoms with E-state index in [0.29, 0.717) is 30.6 Å². The largest absolute Gasteiger partial charge is 0.464 e. The highest BCUT2D eigenvalue weighted by molar-refractivity contribution is 5.86. The molecule has 4 aliphatic rings. The summed E-state index contributed by atoms with van der Waals surface area (Å²) < 4.78 is 5.26. The minimum Gasteiger partial charge on any atom is -0.464 e. The van der Waals surface area contributed by atoms with Crippen molar-refractivity contribution in [3.8, 4) is 0 Å². The number of Topliss-reactive ketones (excluding diaryl/α,β-unsaturated/α-hetero) is 1. The minimum atomic E-state index is -1.14. The molecule has 4 heteroatoms. The van der Waals surface area contributed by atoms with Crippen LogP contribution >= 0.6 is 0 Å². The predicted octanol–water partition coefficient (Wildman–Crippen LogP) is 3.81. The number of fused-ring (bicyclic) bond motifs is 5. The highest BCUT2D eigenvalue weighted by Crippen LogP contribution is 2.67. The Labute approximate surface area is 156 Å². The molecule has 0 aromatic heterocycles. The maximum atomic E-state index is 12.3. The highest BCUT2D eigenvalue weighted by Gasteiger charge is 2.65. The third-order valence-corrected chi connectivity index (χ3v) is 9.04. The molecule has 0 aromatic rings. The van der Waals surface area contributed by atoms with Crippen LogP contribution in [0.1, 0.15) is 72.1 Å². The second-order valence-electron chi connectivity index (χ2n) is 9.77. The molecule has 3 fully saturated rings. The third-order valence-electron chi connectivity index (χ3n) is 9.04. The highest BCUT2D eigenvalue weighted by atomic mass is 16.5. The molecule has 0 heterocycles. The molecular weight excluding hydrogens is 328 g/mol. The Morgan fingerprint density at radius 2 is 1.92 bits per heavy atom. The summed E-state index contributed by atoms with van der Waals surface area (Å²) in [7, 11) is 0. The molecule has 0 radical (unpaired) electrons. The molecule has 0 spiro atoms. The number of allylic oxidation sites excluding steroid dienone is 1. The van der Waals surface area contributed by atoms with Gasteiger partial charge in [-0.2, -0.15) is 0 Å². The summed E-state index contributed by atoms with van der Waals surface area (Å²) in [4.78, 5) is 23.0. The van der Waals surface area contributed by atoms with Crippen molar-refractivity contribution in [3.05, 3.63) is 11.6 Å². The third kappa shape index (κ3) is 2.23. The average molecular weight is 360 g/mol. The molecule has 4 nitrogen and oxygen atoms in total. The number of ketones is 1. The summed E-state index contributed by atoms with van der Waals surface area (Å²) >= 11 is 0. The molecular formula is C22H32O4. The van der Waals surface area contributed by atoms with E-state index in [-0.39, 0.29) is 22.7 Å². The van der Waals surface area contributed by atoms with Gasteiger partial charge in [-0.25, -0.2) is 0 Å². The Kier molecular flexibility index (Phi) is 4.15. The summed E-state index contributed by atoms with van der Waals surface area (Å²) in [5.41, 5.74) is 0.243. The Hall–Kier alpha value is -1.16. The summed E-state index contributed by atoms with van der Waals surface area (Å²) in [5.74, 6) is 1.55. The number of hydrogen-bond donors (Lipinski definition) is 1. The molecule has 0 aliphatic heterocycles. The average Bonchev–Trinajstić information content (AvgIpc) is 2.88. The van der Waals surface area contributed by atoms with E-state index in [1.54, 1.807) is 6.92 Å². The van der Waals surface area contributed by atoms with Gasteiger partial charge in [0.2, 0.25) is 0 Å². The van der Waals surface area contributed by atoms with E-state index < -0.39 is 5.60 Å². The Balaban J connectivity index is 1.64. The molecule has 0 unspecified atom stereocenters. The van der Waals surface area contributed by atoms with Gasteiger partial charge in [0.15, 0.2) is 5.78 Å². The van der Waals surface area contributed by atoms with Crippen molar-refractivity contribution in [2.24, 2.45) is 28.6 Å². The van der Waals surface area contributed by atoms with Gasteiger partial charge in [0.1, 0.15) is 11.7 Å². The number of aliphatic hydroxyl groups is 1. The number of rotatable bonds is 3. The van der Waals surface area contributed by atoms with Gasteiger partial charge in [-0.3, -0.25) is 9.59 Å². The maximum Gasteiger partial charge on any atom is 0.293 e. The maximum absolute atomic E-state index is 12.3. The standard InChI is InChI=1S/C22H32O4/c1-14(24)22(25)11-8-19-17-5-4-15-12-16(26-13-23)6-9-20(15,2)18(17)7-10-21(19,22)3/h4,13,16-19,25H,5-12H2,1-3H3/t16-,17+,18-,19-,20-,21-,22-/m0/s1. The second-order valence-corrected chi connectivity index (χ2v) is 9.77. The number of ether oxygens (including phenoxy) is 1. The first-order chi connectivity index (χ1) is 12.3. The molecule has 4 aliphatic carbocycles. The van der Waals surface area contributed by atoms with E-state index in [9.17, 15) is 14.7 Å². The van der Waals surface area contributed by atoms with Gasteiger partial charge in [-0.05, 0) is 75.0 Å². The van der Waals surface area contributed by atoms with Crippen LogP contribution < -0.4 is 0 Å². The molecule has 3 saturated carbocycles. The molecule has 144 valence electrons. The lowest BCUT2D eigenvalue weighted by Crippen LogP contribution is -2.57. The Morgan fingerprint density at radius 1 is 1.19 bits per heavy atom. The molecule has 7 atom stereocenters. The zero-order valence-corrected chi connectivity index (χ0v) is 16.3. The van der Waals surface area contributed by atoms with Crippen molar-refractivity contribution in [2.45, 2.75) is 83.8 Å².